The van der Waals surface area contributed by atoms with E-state index < -0.39 is 0 Å². The van der Waals surface area contributed by atoms with Crippen LogP contribution in [-0.4, -0.2) is 35.1 Å². The van der Waals surface area contributed by atoms with Crippen molar-refractivity contribution in [3.8, 4) is 5.75 Å². The molecule has 0 aliphatic rings. The van der Waals surface area contributed by atoms with Gasteiger partial charge in [0.05, 0.1) is 7.11 Å². The van der Waals surface area contributed by atoms with Crippen LogP contribution in [0.1, 0.15) is 6.92 Å². The number of methoxy groups -OCH3 is 1. The Bertz CT molecular complexity index is 336. The quantitative estimate of drug-likeness (QED) is 0.506. The Kier molecular flexibility index (Phi) is 5.13. The van der Waals surface area contributed by atoms with E-state index in [0.717, 1.165) is 5.75 Å². The molecule has 1 rings (SSSR count). The van der Waals surface area contributed by atoms with Crippen LogP contribution in [0.5, 0.6) is 5.75 Å². The predicted octanol–water partition coefficient (Wildman–Crippen LogP) is 0.934. The number of hydrazine groups is 1. The monoisotopic (exact) mass is 243 g/mol. The fraction of sp³-hybridized carbons (Fsp3) is 0.556. The van der Waals surface area contributed by atoms with E-state index in [1.165, 1.54) is 6.33 Å². The summed E-state index contributed by atoms with van der Waals surface area (Å²) < 4.78 is 5.21. The highest BCUT2D eigenvalue weighted by atomic mass is 32.2. The van der Waals surface area contributed by atoms with Crippen LogP contribution in [-0.2, 0) is 0 Å². The third-order valence-corrected chi connectivity index (χ3v) is 2.78. The molecule has 6 nitrogen and oxygen atoms in total. The first-order valence-electron chi connectivity index (χ1n) is 4.84. The molecule has 90 valence electrons. The number of anilines is 2. The number of nitrogens with one attached hydrogen (secondary N) is 2. The second-order valence-electron chi connectivity index (χ2n) is 3.25. The van der Waals surface area contributed by atoms with Crippen LogP contribution in [0.3, 0.4) is 0 Å². The average Bonchev–Trinajstić information content (AvgIpc) is 2.29. The first kappa shape index (κ1) is 12.9. The van der Waals surface area contributed by atoms with Crippen LogP contribution in [0.4, 0.5) is 11.6 Å². The summed E-state index contributed by atoms with van der Waals surface area (Å²) in [4.78, 5) is 8.09. The van der Waals surface area contributed by atoms with Crippen molar-refractivity contribution in [1.29, 1.82) is 0 Å². The summed E-state index contributed by atoms with van der Waals surface area (Å²) in [6.45, 7) is 2.08. The van der Waals surface area contributed by atoms with Gasteiger partial charge >= 0.3 is 0 Å². The molecule has 0 spiro atoms. The molecule has 0 bridgehead atoms. The Balaban J connectivity index is 2.86. The van der Waals surface area contributed by atoms with Gasteiger partial charge in [-0.05, 0) is 13.2 Å². The van der Waals surface area contributed by atoms with Gasteiger partial charge in [0, 0.05) is 11.8 Å². The molecule has 0 aromatic carbocycles. The molecule has 0 fully saturated rings. The number of hydrogen-bond acceptors (Lipinski definition) is 7. The lowest BCUT2D eigenvalue weighted by atomic mass is 10.3. The average molecular weight is 243 g/mol. The van der Waals surface area contributed by atoms with E-state index in [2.05, 4.69) is 33.9 Å². The maximum atomic E-state index is 5.33. The van der Waals surface area contributed by atoms with Crippen LogP contribution < -0.4 is 21.3 Å². The van der Waals surface area contributed by atoms with Crippen molar-refractivity contribution >= 4 is 23.4 Å². The molecule has 1 unspecified atom stereocenters. The van der Waals surface area contributed by atoms with Crippen molar-refractivity contribution in [2.45, 2.75) is 13.0 Å². The molecule has 0 saturated carbocycles. The van der Waals surface area contributed by atoms with E-state index in [4.69, 9.17) is 10.6 Å². The van der Waals surface area contributed by atoms with Gasteiger partial charge in [-0.1, -0.05) is 0 Å². The number of nitrogens with two attached hydrogens (primary N) is 1. The molecule has 0 aliphatic carbocycles. The van der Waals surface area contributed by atoms with E-state index in [0.29, 0.717) is 23.4 Å². The number of thioether (sulfide) groups is 1. The molecule has 7 heteroatoms. The Morgan fingerprint density at radius 3 is 2.75 bits per heavy atom. The zero-order chi connectivity index (χ0) is 12.0. The van der Waals surface area contributed by atoms with E-state index in [1.54, 1.807) is 18.9 Å². The topological polar surface area (TPSA) is 85.1 Å². The standard InChI is InChI=1S/C9H17N5OS/c1-6(4-16-3)13-8-7(15-2)9(14-10)12-5-11-8/h5-6H,4,10H2,1-3H3,(H2,11,12,13,14). The summed E-state index contributed by atoms with van der Waals surface area (Å²) in [7, 11) is 1.56. The maximum Gasteiger partial charge on any atom is 0.205 e. The van der Waals surface area contributed by atoms with Crippen molar-refractivity contribution in [3.63, 3.8) is 0 Å². The minimum absolute atomic E-state index is 0.296. The number of ether oxygens (including phenoxy) is 1. The van der Waals surface area contributed by atoms with Gasteiger partial charge in [-0.15, -0.1) is 0 Å². The smallest absolute Gasteiger partial charge is 0.205 e. The Morgan fingerprint density at radius 1 is 1.50 bits per heavy atom. The molecule has 1 heterocycles. The molecular formula is C9H17N5OS. The zero-order valence-electron chi connectivity index (χ0n) is 9.65. The van der Waals surface area contributed by atoms with E-state index in [9.17, 15) is 0 Å². The lowest BCUT2D eigenvalue weighted by molar-refractivity contribution is 0.414. The lowest BCUT2D eigenvalue weighted by Gasteiger charge is -2.16. The molecule has 0 amide bonds. The summed E-state index contributed by atoms with van der Waals surface area (Å²) in [5.74, 6) is 7.96. The zero-order valence-corrected chi connectivity index (χ0v) is 10.5. The molecule has 16 heavy (non-hydrogen) atoms. The summed E-state index contributed by atoms with van der Waals surface area (Å²) in [5.41, 5.74) is 2.47. The van der Waals surface area contributed by atoms with E-state index in [-0.39, 0.29) is 0 Å². The highest BCUT2D eigenvalue weighted by Crippen LogP contribution is 2.28. The number of nitrogens with zero attached hydrogens (tertiary/aromatic N) is 2. The van der Waals surface area contributed by atoms with Gasteiger partial charge in [-0.3, -0.25) is 0 Å². The van der Waals surface area contributed by atoms with Crippen molar-refractivity contribution in [2.75, 3.05) is 29.9 Å². The Hall–Kier alpha value is -1.21. The second-order valence-corrected chi connectivity index (χ2v) is 4.16. The van der Waals surface area contributed by atoms with Gasteiger partial charge in [0.15, 0.2) is 11.6 Å². The number of rotatable bonds is 6. The van der Waals surface area contributed by atoms with Gasteiger partial charge < -0.3 is 15.5 Å². The molecule has 1 aromatic heterocycles. The van der Waals surface area contributed by atoms with Crippen molar-refractivity contribution in [1.82, 2.24) is 9.97 Å². The molecule has 4 N–H and O–H groups in total. The highest BCUT2D eigenvalue weighted by molar-refractivity contribution is 7.98. The normalized spacial score (nSPS) is 12.0. The highest BCUT2D eigenvalue weighted by Gasteiger charge is 2.12. The van der Waals surface area contributed by atoms with Gasteiger partial charge in [0.1, 0.15) is 6.33 Å². The van der Waals surface area contributed by atoms with E-state index in [1.807, 2.05) is 0 Å². The van der Waals surface area contributed by atoms with Crippen LogP contribution in [0.25, 0.3) is 0 Å². The number of aromatic nitrogens is 2. The largest absolute Gasteiger partial charge is 0.490 e. The molecule has 0 aliphatic heterocycles. The van der Waals surface area contributed by atoms with Crippen molar-refractivity contribution < 1.29 is 4.74 Å². The van der Waals surface area contributed by atoms with Crippen LogP contribution in [0.2, 0.25) is 0 Å². The molecular weight excluding hydrogens is 226 g/mol. The second kappa shape index (κ2) is 6.39. The molecule has 1 atom stereocenters. The minimum Gasteiger partial charge on any atom is -0.490 e. The lowest BCUT2D eigenvalue weighted by Crippen LogP contribution is -2.20. The van der Waals surface area contributed by atoms with Gasteiger partial charge in [-0.2, -0.15) is 11.8 Å². The summed E-state index contributed by atoms with van der Waals surface area (Å²) in [5, 5.41) is 3.24. The maximum absolute atomic E-state index is 5.33. The summed E-state index contributed by atoms with van der Waals surface area (Å²) in [6.07, 6.45) is 3.49. The summed E-state index contributed by atoms with van der Waals surface area (Å²) >= 11 is 1.77. The number of hydrogen-bond donors (Lipinski definition) is 3. The van der Waals surface area contributed by atoms with Crippen molar-refractivity contribution in [3.05, 3.63) is 6.33 Å². The fourth-order valence-electron chi connectivity index (χ4n) is 1.30. The minimum atomic E-state index is 0.296. The SMILES string of the molecule is COc1c(NN)ncnc1NC(C)CSC. The van der Waals surface area contributed by atoms with Crippen molar-refractivity contribution in [2.24, 2.45) is 5.84 Å². The Morgan fingerprint density at radius 2 is 2.19 bits per heavy atom. The first-order valence-corrected chi connectivity index (χ1v) is 6.23. The predicted molar refractivity (Wildman–Crippen MR) is 67.9 cm³/mol. The van der Waals surface area contributed by atoms with Crippen LogP contribution in [0, 0.1) is 0 Å². The molecule has 0 radical (unpaired) electrons. The molecule has 0 saturated heterocycles. The van der Waals surface area contributed by atoms with Crippen LogP contribution in [0.15, 0.2) is 6.33 Å². The van der Waals surface area contributed by atoms with Gasteiger partial charge in [0.2, 0.25) is 5.75 Å². The van der Waals surface area contributed by atoms with Gasteiger partial charge in [0.25, 0.3) is 0 Å². The third kappa shape index (κ3) is 3.14. The third-order valence-electron chi connectivity index (χ3n) is 1.94. The number of nitrogen functional groups attached to an aromatic ring is 1. The first-order chi connectivity index (χ1) is 7.72. The summed E-state index contributed by atoms with van der Waals surface area (Å²) in [6, 6.07) is 0.296. The fourth-order valence-corrected chi connectivity index (χ4v) is 1.88. The van der Waals surface area contributed by atoms with Gasteiger partial charge in [-0.25, -0.2) is 15.8 Å². The molecule has 1 aromatic rings. The van der Waals surface area contributed by atoms with E-state index >= 15 is 0 Å². The Labute approximate surface area is 99.3 Å². The van der Waals surface area contributed by atoms with Crippen LogP contribution >= 0.6 is 11.8 Å².